The molecule has 1 rings (SSSR count). The zero-order valence-corrected chi connectivity index (χ0v) is 10.9. The maximum atomic E-state index is 12.6. The molecule has 0 aliphatic rings. The molecule has 0 unspecified atom stereocenters. The van der Waals surface area contributed by atoms with Gasteiger partial charge in [0.1, 0.15) is 6.07 Å². The number of nitriles is 1. The molecule has 0 spiro atoms. The highest BCUT2D eigenvalue weighted by Gasteiger charge is 2.31. The van der Waals surface area contributed by atoms with Crippen molar-refractivity contribution >= 4 is 11.8 Å². The summed E-state index contributed by atoms with van der Waals surface area (Å²) < 4.78 is 37.7. The van der Waals surface area contributed by atoms with Crippen LogP contribution in [0.3, 0.4) is 0 Å². The van der Waals surface area contributed by atoms with Gasteiger partial charge in [0.05, 0.1) is 11.1 Å². The fourth-order valence-corrected chi connectivity index (χ4v) is 2.49. The molecule has 1 aromatic carbocycles. The highest BCUT2D eigenvalue weighted by Crippen LogP contribution is 2.33. The Morgan fingerprint density at radius 2 is 2.00 bits per heavy atom. The number of hydrogen-bond donors (Lipinski definition) is 0. The fraction of sp³-hybridized carbons (Fsp3) is 0.462. The van der Waals surface area contributed by atoms with Crippen molar-refractivity contribution in [2.45, 2.75) is 37.3 Å². The van der Waals surface area contributed by atoms with E-state index in [2.05, 4.69) is 6.92 Å². The lowest BCUT2D eigenvalue weighted by Gasteiger charge is -2.10. The SMILES string of the molecule is CCCCCSc1cc(C(F)(F)F)ccc1C#N. The third kappa shape index (κ3) is 4.26. The summed E-state index contributed by atoms with van der Waals surface area (Å²) in [4.78, 5) is 0.420. The van der Waals surface area contributed by atoms with Gasteiger partial charge in [0.25, 0.3) is 0 Å². The van der Waals surface area contributed by atoms with Gasteiger partial charge in [0, 0.05) is 4.90 Å². The first-order valence-electron chi connectivity index (χ1n) is 5.73. The number of alkyl halides is 3. The summed E-state index contributed by atoms with van der Waals surface area (Å²) in [5.41, 5.74) is -0.385. The molecule has 0 saturated heterocycles. The van der Waals surface area contributed by atoms with Gasteiger partial charge < -0.3 is 0 Å². The Hall–Kier alpha value is -1.15. The van der Waals surface area contributed by atoms with Crippen LogP contribution in [-0.2, 0) is 6.18 Å². The second-order valence-corrected chi connectivity index (χ2v) is 5.01. The van der Waals surface area contributed by atoms with Crippen molar-refractivity contribution in [1.29, 1.82) is 5.26 Å². The zero-order valence-electron chi connectivity index (χ0n) is 10.0. The molecule has 5 heteroatoms. The molecule has 0 aromatic heterocycles. The van der Waals surface area contributed by atoms with E-state index in [1.54, 1.807) is 0 Å². The summed E-state index contributed by atoms with van der Waals surface area (Å²) in [5, 5.41) is 8.87. The van der Waals surface area contributed by atoms with E-state index in [1.807, 2.05) is 6.07 Å². The van der Waals surface area contributed by atoms with Crippen LogP contribution in [0.25, 0.3) is 0 Å². The standard InChI is InChI=1S/C13H14F3NS/c1-2-3-4-7-18-12-8-11(13(14,15)16)6-5-10(12)9-17/h5-6,8H,2-4,7H2,1H3. The Kier molecular flexibility index (Phi) is 5.54. The number of hydrogen-bond acceptors (Lipinski definition) is 2. The number of halogens is 3. The van der Waals surface area contributed by atoms with Gasteiger partial charge in [0.15, 0.2) is 0 Å². The molecule has 1 nitrogen and oxygen atoms in total. The van der Waals surface area contributed by atoms with Crippen molar-refractivity contribution < 1.29 is 13.2 Å². The van der Waals surface area contributed by atoms with Gasteiger partial charge in [-0.15, -0.1) is 11.8 Å². The molecule has 0 amide bonds. The summed E-state index contributed by atoms with van der Waals surface area (Å²) in [6, 6.07) is 5.19. The quantitative estimate of drug-likeness (QED) is 0.565. The summed E-state index contributed by atoms with van der Waals surface area (Å²) >= 11 is 1.32. The molecule has 1 aromatic rings. The monoisotopic (exact) mass is 273 g/mol. The first-order valence-corrected chi connectivity index (χ1v) is 6.71. The van der Waals surface area contributed by atoms with Crippen molar-refractivity contribution in [2.75, 3.05) is 5.75 Å². The van der Waals surface area contributed by atoms with Crippen molar-refractivity contribution in [3.8, 4) is 6.07 Å². The van der Waals surface area contributed by atoms with E-state index >= 15 is 0 Å². The van der Waals surface area contributed by atoms with Crippen molar-refractivity contribution in [2.24, 2.45) is 0 Å². The van der Waals surface area contributed by atoms with Gasteiger partial charge in [-0.05, 0) is 30.4 Å². The summed E-state index contributed by atoms with van der Waals surface area (Å²) in [6.07, 6.45) is -1.29. The highest BCUT2D eigenvalue weighted by atomic mass is 32.2. The lowest BCUT2D eigenvalue weighted by molar-refractivity contribution is -0.137. The summed E-state index contributed by atoms with van der Waals surface area (Å²) in [5.74, 6) is 0.740. The third-order valence-corrected chi connectivity index (χ3v) is 3.58. The van der Waals surface area contributed by atoms with Crippen LogP contribution in [-0.4, -0.2) is 5.75 Å². The first kappa shape index (κ1) is 14.9. The van der Waals surface area contributed by atoms with Gasteiger partial charge in [-0.3, -0.25) is 0 Å². The number of nitrogens with zero attached hydrogens (tertiary/aromatic N) is 1. The van der Waals surface area contributed by atoms with Gasteiger partial charge in [-0.25, -0.2) is 0 Å². The number of benzene rings is 1. The number of rotatable bonds is 5. The maximum absolute atomic E-state index is 12.6. The molecule has 0 aliphatic carbocycles. The van der Waals surface area contributed by atoms with Crippen LogP contribution in [0.5, 0.6) is 0 Å². The van der Waals surface area contributed by atoms with E-state index in [9.17, 15) is 13.2 Å². The minimum Gasteiger partial charge on any atom is -0.192 e. The molecule has 98 valence electrons. The number of thioether (sulfide) groups is 1. The van der Waals surface area contributed by atoms with Crippen LogP contribution in [0.15, 0.2) is 23.1 Å². The van der Waals surface area contributed by atoms with Crippen molar-refractivity contribution in [1.82, 2.24) is 0 Å². The highest BCUT2D eigenvalue weighted by molar-refractivity contribution is 7.99. The third-order valence-electron chi connectivity index (χ3n) is 2.43. The predicted molar refractivity (Wildman–Crippen MR) is 66.4 cm³/mol. The lowest BCUT2D eigenvalue weighted by Crippen LogP contribution is -2.05. The van der Waals surface area contributed by atoms with Crippen LogP contribution in [0.4, 0.5) is 13.2 Å². The van der Waals surface area contributed by atoms with Crippen molar-refractivity contribution in [3.63, 3.8) is 0 Å². The van der Waals surface area contributed by atoms with Gasteiger partial charge >= 0.3 is 6.18 Å². The summed E-state index contributed by atoms with van der Waals surface area (Å²) in [7, 11) is 0. The second kappa shape index (κ2) is 6.69. The van der Waals surface area contributed by atoms with E-state index in [4.69, 9.17) is 5.26 Å². The summed E-state index contributed by atoms with van der Waals surface area (Å²) in [6.45, 7) is 2.07. The second-order valence-electron chi connectivity index (χ2n) is 3.88. The smallest absolute Gasteiger partial charge is 0.192 e. The molecule has 0 heterocycles. The van der Waals surface area contributed by atoms with Gasteiger partial charge in [-0.1, -0.05) is 19.8 Å². The van der Waals surface area contributed by atoms with E-state index in [1.165, 1.54) is 17.8 Å². The molecule has 18 heavy (non-hydrogen) atoms. The Morgan fingerprint density at radius 3 is 2.56 bits per heavy atom. The average molecular weight is 273 g/mol. The molecule has 0 atom stereocenters. The molecular weight excluding hydrogens is 259 g/mol. The molecule has 0 aliphatic heterocycles. The maximum Gasteiger partial charge on any atom is 0.416 e. The lowest BCUT2D eigenvalue weighted by atomic mass is 10.1. The fourth-order valence-electron chi connectivity index (χ4n) is 1.44. The Labute approximate surface area is 109 Å². The Morgan fingerprint density at radius 1 is 1.28 bits per heavy atom. The van der Waals surface area contributed by atoms with E-state index in [0.717, 1.165) is 37.1 Å². The van der Waals surface area contributed by atoms with Crippen molar-refractivity contribution in [3.05, 3.63) is 29.3 Å². The molecule has 0 saturated carbocycles. The normalized spacial score (nSPS) is 11.3. The zero-order chi connectivity index (χ0) is 13.6. The van der Waals surface area contributed by atoms with Crippen LogP contribution >= 0.6 is 11.8 Å². The Bertz CT molecular complexity index is 435. The molecular formula is C13H14F3NS. The average Bonchev–Trinajstić information content (AvgIpc) is 2.33. The van der Waals surface area contributed by atoms with E-state index < -0.39 is 11.7 Å². The largest absolute Gasteiger partial charge is 0.416 e. The number of unbranched alkanes of at least 4 members (excludes halogenated alkanes) is 2. The Balaban J connectivity index is 2.83. The minimum absolute atomic E-state index is 0.310. The van der Waals surface area contributed by atoms with Crippen LogP contribution in [0.2, 0.25) is 0 Å². The molecule has 0 fully saturated rings. The first-order chi connectivity index (χ1) is 8.49. The molecule has 0 N–H and O–H groups in total. The van der Waals surface area contributed by atoms with Crippen LogP contribution in [0.1, 0.15) is 37.3 Å². The van der Waals surface area contributed by atoms with Gasteiger partial charge in [0.2, 0.25) is 0 Å². The minimum atomic E-state index is -4.35. The van der Waals surface area contributed by atoms with E-state index in [0.29, 0.717) is 10.5 Å². The molecule has 0 bridgehead atoms. The van der Waals surface area contributed by atoms with E-state index in [-0.39, 0.29) is 0 Å². The topological polar surface area (TPSA) is 23.8 Å². The molecule has 0 radical (unpaired) electrons. The van der Waals surface area contributed by atoms with Crippen LogP contribution < -0.4 is 0 Å². The predicted octanol–water partition coefficient (Wildman–Crippen LogP) is 4.86. The van der Waals surface area contributed by atoms with Gasteiger partial charge in [-0.2, -0.15) is 18.4 Å². The van der Waals surface area contributed by atoms with Crippen LogP contribution in [0, 0.1) is 11.3 Å².